The number of rotatable bonds is 8. The van der Waals surface area contributed by atoms with Gasteiger partial charge >= 0.3 is 0 Å². The van der Waals surface area contributed by atoms with Crippen molar-refractivity contribution in [3.05, 3.63) is 48.3 Å². The minimum Gasteiger partial charge on any atom is -0.489 e. The fourth-order valence-corrected chi connectivity index (χ4v) is 2.17. The van der Waals surface area contributed by atoms with E-state index < -0.39 is 0 Å². The lowest BCUT2D eigenvalue weighted by molar-refractivity contribution is 0.102. The summed E-state index contributed by atoms with van der Waals surface area (Å²) in [4.78, 5) is 18.7. The normalized spacial score (nSPS) is 10.8. The summed E-state index contributed by atoms with van der Waals surface area (Å²) >= 11 is 0. The first-order valence-corrected chi connectivity index (χ1v) is 8.37. The number of ether oxygens (including phenoxy) is 1. The van der Waals surface area contributed by atoms with Crippen LogP contribution in [0.25, 0.3) is 0 Å². The zero-order valence-electron chi connectivity index (χ0n) is 15.2. The van der Waals surface area contributed by atoms with Crippen LogP contribution in [-0.4, -0.2) is 49.1 Å². The van der Waals surface area contributed by atoms with E-state index in [1.807, 2.05) is 58.3 Å². The quantitative estimate of drug-likeness (QED) is 0.772. The van der Waals surface area contributed by atoms with Crippen molar-refractivity contribution >= 4 is 17.3 Å². The Morgan fingerprint density at radius 3 is 2.60 bits per heavy atom. The number of aromatic nitrogens is 1. The van der Waals surface area contributed by atoms with Gasteiger partial charge in [-0.05, 0) is 52.2 Å². The van der Waals surface area contributed by atoms with Gasteiger partial charge in [-0.15, -0.1) is 0 Å². The minimum absolute atomic E-state index is 0.0312. The summed E-state index contributed by atoms with van der Waals surface area (Å²) in [6.45, 7) is 5.64. The third-order valence-corrected chi connectivity index (χ3v) is 3.38. The highest BCUT2D eigenvalue weighted by Gasteiger charge is 2.11. The lowest BCUT2D eigenvalue weighted by Gasteiger charge is -2.14. The molecule has 25 heavy (non-hydrogen) atoms. The van der Waals surface area contributed by atoms with E-state index in [1.165, 1.54) is 0 Å². The van der Waals surface area contributed by atoms with Gasteiger partial charge in [0, 0.05) is 13.1 Å². The third-order valence-electron chi connectivity index (χ3n) is 3.38. The summed E-state index contributed by atoms with van der Waals surface area (Å²) in [5, 5.41) is 6.12. The third kappa shape index (κ3) is 6.08. The van der Waals surface area contributed by atoms with Crippen molar-refractivity contribution in [1.29, 1.82) is 0 Å². The number of anilines is 2. The molecule has 0 spiro atoms. The van der Waals surface area contributed by atoms with Crippen LogP contribution in [-0.2, 0) is 0 Å². The van der Waals surface area contributed by atoms with Crippen molar-refractivity contribution < 1.29 is 9.53 Å². The summed E-state index contributed by atoms with van der Waals surface area (Å²) in [6.07, 6.45) is 1.70. The van der Waals surface area contributed by atoms with Crippen molar-refractivity contribution in [3.8, 4) is 5.75 Å². The lowest BCUT2D eigenvalue weighted by atomic mass is 10.2. The van der Waals surface area contributed by atoms with Gasteiger partial charge in [-0.3, -0.25) is 4.79 Å². The van der Waals surface area contributed by atoms with Gasteiger partial charge in [0.25, 0.3) is 5.91 Å². The molecule has 0 bridgehead atoms. The van der Waals surface area contributed by atoms with E-state index in [2.05, 4.69) is 20.5 Å². The fourth-order valence-electron chi connectivity index (χ4n) is 2.17. The van der Waals surface area contributed by atoms with Crippen LogP contribution in [0.5, 0.6) is 5.75 Å². The summed E-state index contributed by atoms with van der Waals surface area (Å²) in [5.74, 6) is 0.382. The minimum atomic E-state index is -0.264. The van der Waals surface area contributed by atoms with E-state index in [0.717, 1.165) is 18.8 Å². The molecule has 0 saturated carbocycles. The van der Waals surface area contributed by atoms with Crippen molar-refractivity contribution in [3.63, 3.8) is 0 Å². The Labute approximate surface area is 149 Å². The second-order valence-electron chi connectivity index (χ2n) is 6.28. The Morgan fingerprint density at radius 2 is 1.96 bits per heavy atom. The topological polar surface area (TPSA) is 66.5 Å². The van der Waals surface area contributed by atoms with Crippen molar-refractivity contribution in [1.82, 2.24) is 9.88 Å². The predicted molar refractivity (Wildman–Crippen MR) is 101 cm³/mol. The highest BCUT2D eigenvalue weighted by atomic mass is 16.5. The second kappa shape index (κ2) is 9.03. The van der Waals surface area contributed by atoms with E-state index >= 15 is 0 Å². The second-order valence-corrected chi connectivity index (χ2v) is 6.28. The van der Waals surface area contributed by atoms with Crippen LogP contribution in [0.2, 0.25) is 0 Å². The Morgan fingerprint density at radius 1 is 1.20 bits per heavy atom. The van der Waals surface area contributed by atoms with Crippen LogP contribution in [0.15, 0.2) is 42.6 Å². The average molecular weight is 342 g/mol. The number of likely N-dealkylation sites (N-methyl/N-ethyl adjacent to an activating group) is 1. The SMILES string of the molecule is CC(C)Oc1ccccc1NC(=O)c1ccc(NCCN(C)C)cn1. The van der Waals surface area contributed by atoms with Crippen LogP contribution in [0, 0.1) is 0 Å². The number of amides is 1. The molecule has 2 N–H and O–H groups in total. The molecule has 0 radical (unpaired) electrons. The Balaban J connectivity index is 1.99. The molecule has 1 amide bonds. The number of carbonyl (C=O) groups is 1. The molecule has 6 nitrogen and oxygen atoms in total. The summed E-state index contributed by atoms with van der Waals surface area (Å²) in [5.41, 5.74) is 1.88. The summed E-state index contributed by atoms with van der Waals surface area (Å²) in [6, 6.07) is 10.9. The van der Waals surface area contributed by atoms with Crippen LogP contribution < -0.4 is 15.4 Å². The zero-order chi connectivity index (χ0) is 18.2. The molecule has 0 saturated heterocycles. The first-order valence-electron chi connectivity index (χ1n) is 8.37. The van der Waals surface area contributed by atoms with Crippen LogP contribution in [0.4, 0.5) is 11.4 Å². The zero-order valence-corrected chi connectivity index (χ0v) is 15.2. The van der Waals surface area contributed by atoms with Crippen LogP contribution in [0.1, 0.15) is 24.3 Å². The molecule has 2 aromatic rings. The predicted octanol–water partition coefficient (Wildman–Crippen LogP) is 3.09. The van der Waals surface area contributed by atoms with Gasteiger partial charge in [-0.25, -0.2) is 4.98 Å². The summed E-state index contributed by atoms with van der Waals surface area (Å²) in [7, 11) is 4.04. The molecule has 1 heterocycles. The van der Waals surface area contributed by atoms with E-state index in [0.29, 0.717) is 17.1 Å². The average Bonchev–Trinajstić information content (AvgIpc) is 2.56. The maximum atomic E-state index is 12.4. The fraction of sp³-hybridized carbons (Fsp3) is 0.368. The molecule has 1 aromatic heterocycles. The van der Waals surface area contributed by atoms with E-state index in [1.54, 1.807) is 12.3 Å². The van der Waals surface area contributed by atoms with Crippen LogP contribution >= 0.6 is 0 Å². The molecule has 0 aliphatic rings. The van der Waals surface area contributed by atoms with Crippen molar-refractivity contribution in [2.45, 2.75) is 20.0 Å². The number of nitrogens with one attached hydrogen (secondary N) is 2. The van der Waals surface area contributed by atoms with Gasteiger partial charge in [-0.2, -0.15) is 0 Å². The number of hydrogen-bond acceptors (Lipinski definition) is 5. The first kappa shape index (κ1) is 18.7. The van der Waals surface area contributed by atoms with E-state index in [9.17, 15) is 4.79 Å². The number of carbonyl (C=O) groups excluding carboxylic acids is 1. The number of hydrogen-bond donors (Lipinski definition) is 2. The molecule has 0 aliphatic carbocycles. The van der Waals surface area contributed by atoms with Gasteiger partial charge in [0.15, 0.2) is 0 Å². The van der Waals surface area contributed by atoms with Crippen molar-refractivity contribution in [2.75, 3.05) is 37.8 Å². The molecule has 0 atom stereocenters. The molecule has 0 unspecified atom stereocenters. The highest BCUT2D eigenvalue weighted by molar-refractivity contribution is 6.03. The molecule has 2 rings (SSSR count). The van der Waals surface area contributed by atoms with Gasteiger partial charge in [-0.1, -0.05) is 12.1 Å². The highest BCUT2D eigenvalue weighted by Crippen LogP contribution is 2.25. The molecule has 134 valence electrons. The summed E-state index contributed by atoms with van der Waals surface area (Å²) < 4.78 is 5.72. The number of benzene rings is 1. The molecule has 1 aromatic carbocycles. The number of pyridine rings is 1. The van der Waals surface area contributed by atoms with Gasteiger partial charge in [0.05, 0.1) is 23.7 Å². The monoisotopic (exact) mass is 342 g/mol. The molecular weight excluding hydrogens is 316 g/mol. The maximum absolute atomic E-state index is 12.4. The maximum Gasteiger partial charge on any atom is 0.274 e. The molecule has 0 fully saturated rings. The van der Waals surface area contributed by atoms with Crippen molar-refractivity contribution in [2.24, 2.45) is 0 Å². The first-order chi connectivity index (χ1) is 12.0. The number of para-hydroxylation sites is 2. The van der Waals surface area contributed by atoms with E-state index in [4.69, 9.17) is 4.74 Å². The Hall–Kier alpha value is -2.60. The van der Waals surface area contributed by atoms with E-state index in [-0.39, 0.29) is 12.0 Å². The lowest BCUT2D eigenvalue weighted by Crippen LogP contribution is -2.21. The smallest absolute Gasteiger partial charge is 0.274 e. The van der Waals surface area contributed by atoms with Gasteiger partial charge in [0.1, 0.15) is 11.4 Å². The van der Waals surface area contributed by atoms with Crippen LogP contribution in [0.3, 0.4) is 0 Å². The molecule has 6 heteroatoms. The Kier molecular flexibility index (Phi) is 6.77. The number of nitrogens with zero attached hydrogens (tertiary/aromatic N) is 2. The van der Waals surface area contributed by atoms with Gasteiger partial charge < -0.3 is 20.3 Å². The largest absolute Gasteiger partial charge is 0.489 e. The standard InChI is InChI=1S/C19H26N4O2/c1-14(2)25-18-8-6-5-7-16(18)22-19(24)17-10-9-15(13-21-17)20-11-12-23(3)4/h5-10,13-14,20H,11-12H2,1-4H3,(H,22,24). The molecular formula is C19H26N4O2. The Bertz CT molecular complexity index is 684. The van der Waals surface area contributed by atoms with Gasteiger partial charge in [0.2, 0.25) is 0 Å². The molecule has 0 aliphatic heterocycles.